The number of rotatable bonds is 5. The molecule has 0 atom stereocenters. The molecule has 0 aromatic carbocycles. The van der Waals surface area contributed by atoms with Crippen LogP contribution in [0.2, 0.25) is 0 Å². The van der Waals surface area contributed by atoms with Crippen LogP contribution in [0.4, 0.5) is 19.0 Å². The number of hydrogen-bond donors (Lipinski definition) is 2. The number of anilines is 1. The molecule has 1 fully saturated rings. The zero-order valence-corrected chi connectivity index (χ0v) is 17.4. The Kier molecular flexibility index (Phi) is 6.63. The summed E-state index contributed by atoms with van der Waals surface area (Å²) in [4.78, 5) is 20.8. The van der Waals surface area contributed by atoms with E-state index in [1.54, 1.807) is 6.92 Å². The van der Waals surface area contributed by atoms with Gasteiger partial charge in [-0.3, -0.25) is 9.78 Å². The van der Waals surface area contributed by atoms with Crippen LogP contribution in [0.5, 0.6) is 0 Å². The maximum atomic E-state index is 12.9. The predicted octanol–water partition coefficient (Wildman–Crippen LogP) is 4.82. The molecular formula is C22H27F3N4O. The molecule has 0 aliphatic heterocycles. The molecule has 2 heterocycles. The van der Waals surface area contributed by atoms with Crippen molar-refractivity contribution in [3.05, 3.63) is 52.5 Å². The van der Waals surface area contributed by atoms with E-state index in [-0.39, 0.29) is 11.6 Å². The lowest BCUT2D eigenvalue weighted by Crippen LogP contribution is -2.39. The second kappa shape index (κ2) is 9.02. The van der Waals surface area contributed by atoms with Gasteiger partial charge in [0.25, 0.3) is 5.91 Å². The van der Waals surface area contributed by atoms with Crippen LogP contribution in [0.1, 0.15) is 58.6 Å². The number of aryl methyl sites for hydroxylation is 3. The molecule has 162 valence electrons. The molecule has 2 aromatic rings. The number of nitrogens with one attached hydrogen (secondary N) is 2. The summed E-state index contributed by atoms with van der Waals surface area (Å²) in [6, 6.07) is 4.89. The molecule has 0 saturated heterocycles. The molecule has 0 radical (unpaired) electrons. The summed E-state index contributed by atoms with van der Waals surface area (Å²) in [5, 5.41) is 6.28. The highest BCUT2D eigenvalue weighted by atomic mass is 19.4. The van der Waals surface area contributed by atoms with Crippen LogP contribution in [0.25, 0.3) is 0 Å². The molecule has 1 aliphatic rings. The first-order valence-electron chi connectivity index (χ1n) is 10.2. The number of alkyl halides is 3. The monoisotopic (exact) mass is 420 g/mol. The quantitative estimate of drug-likeness (QED) is 0.728. The third-order valence-electron chi connectivity index (χ3n) is 5.51. The molecular weight excluding hydrogens is 393 g/mol. The fourth-order valence-electron chi connectivity index (χ4n) is 3.87. The van der Waals surface area contributed by atoms with E-state index >= 15 is 0 Å². The molecule has 8 heteroatoms. The van der Waals surface area contributed by atoms with Gasteiger partial charge in [0.2, 0.25) is 0 Å². The van der Waals surface area contributed by atoms with E-state index in [1.165, 1.54) is 0 Å². The molecule has 5 nitrogen and oxygen atoms in total. The van der Waals surface area contributed by atoms with E-state index in [2.05, 4.69) is 20.6 Å². The zero-order valence-electron chi connectivity index (χ0n) is 17.4. The lowest BCUT2D eigenvalue weighted by Gasteiger charge is -2.29. The smallest absolute Gasteiger partial charge is 0.370 e. The van der Waals surface area contributed by atoms with E-state index in [4.69, 9.17) is 0 Å². The summed E-state index contributed by atoms with van der Waals surface area (Å²) in [6.07, 6.45) is -0.306. The Bertz CT molecular complexity index is 885. The predicted molar refractivity (Wildman–Crippen MR) is 109 cm³/mol. The van der Waals surface area contributed by atoms with Crippen molar-refractivity contribution in [2.24, 2.45) is 5.92 Å². The normalized spacial score (nSPS) is 19.4. The molecule has 0 spiro atoms. The van der Waals surface area contributed by atoms with E-state index in [1.807, 2.05) is 26.0 Å². The topological polar surface area (TPSA) is 66.9 Å². The number of nitrogens with zero attached hydrogens (tertiary/aromatic N) is 2. The Hall–Kier alpha value is -2.64. The molecule has 0 unspecified atom stereocenters. The van der Waals surface area contributed by atoms with Crippen molar-refractivity contribution in [2.75, 3.05) is 11.9 Å². The zero-order chi connectivity index (χ0) is 21.9. The average Bonchev–Trinajstić information content (AvgIpc) is 2.66. The van der Waals surface area contributed by atoms with Gasteiger partial charge in [0.15, 0.2) is 0 Å². The van der Waals surface area contributed by atoms with E-state index in [9.17, 15) is 18.0 Å². The van der Waals surface area contributed by atoms with Crippen LogP contribution in [0.3, 0.4) is 0 Å². The van der Waals surface area contributed by atoms with Crippen LogP contribution in [-0.2, 0) is 6.18 Å². The summed E-state index contributed by atoms with van der Waals surface area (Å²) < 4.78 is 38.8. The summed E-state index contributed by atoms with van der Waals surface area (Å²) in [6.45, 7) is 6.36. The lowest BCUT2D eigenvalue weighted by atomic mass is 9.86. The molecule has 1 saturated carbocycles. The van der Waals surface area contributed by atoms with E-state index in [0.717, 1.165) is 61.6 Å². The lowest BCUT2D eigenvalue weighted by molar-refractivity contribution is -0.137. The number of pyridine rings is 2. The van der Waals surface area contributed by atoms with Gasteiger partial charge in [0, 0.05) is 30.2 Å². The van der Waals surface area contributed by atoms with Crippen molar-refractivity contribution >= 4 is 11.7 Å². The standard InChI is InChI=1S/C22H27F3N4O/c1-13-8-14(2)28-20(9-13)27-11-16-4-6-18(7-5-16)29-21(30)19-10-17(22(23,24)25)12-26-15(19)3/h8-10,12,16,18H,4-7,11H2,1-3H3,(H,27,28)(H,29,30)/t16-,18-. The molecule has 0 bridgehead atoms. The molecule has 2 N–H and O–H groups in total. The summed E-state index contributed by atoms with van der Waals surface area (Å²) >= 11 is 0. The highest BCUT2D eigenvalue weighted by molar-refractivity contribution is 5.95. The van der Waals surface area contributed by atoms with Crippen LogP contribution in [0, 0.1) is 26.7 Å². The van der Waals surface area contributed by atoms with Crippen molar-refractivity contribution in [1.29, 1.82) is 0 Å². The molecule has 1 aliphatic carbocycles. The molecule has 30 heavy (non-hydrogen) atoms. The Morgan fingerprint density at radius 3 is 2.43 bits per heavy atom. The minimum atomic E-state index is -4.52. The van der Waals surface area contributed by atoms with Crippen LogP contribution in [0.15, 0.2) is 24.4 Å². The van der Waals surface area contributed by atoms with Gasteiger partial charge in [-0.05, 0) is 76.1 Å². The highest BCUT2D eigenvalue weighted by Gasteiger charge is 2.32. The van der Waals surface area contributed by atoms with Crippen molar-refractivity contribution in [1.82, 2.24) is 15.3 Å². The van der Waals surface area contributed by atoms with Gasteiger partial charge < -0.3 is 10.6 Å². The number of aromatic nitrogens is 2. The van der Waals surface area contributed by atoms with Crippen molar-refractivity contribution < 1.29 is 18.0 Å². The number of carbonyl (C=O) groups excluding carboxylic acids is 1. The van der Waals surface area contributed by atoms with Gasteiger partial charge >= 0.3 is 6.18 Å². The van der Waals surface area contributed by atoms with Gasteiger partial charge in [-0.15, -0.1) is 0 Å². The van der Waals surface area contributed by atoms with E-state index < -0.39 is 17.6 Å². The Balaban J connectivity index is 1.51. The largest absolute Gasteiger partial charge is 0.417 e. The number of carbonyl (C=O) groups is 1. The van der Waals surface area contributed by atoms with Crippen LogP contribution >= 0.6 is 0 Å². The Morgan fingerprint density at radius 2 is 1.80 bits per heavy atom. The molecule has 3 rings (SSSR count). The fourth-order valence-corrected chi connectivity index (χ4v) is 3.87. The maximum absolute atomic E-state index is 12.9. The highest BCUT2D eigenvalue weighted by Crippen LogP contribution is 2.30. The SMILES string of the molecule is Cc1cc(C)nc(NC[C@H]2CC[C@H](NC(=O)c3cc(C(F)(F)F)cnc3C)CC2)c1. The number of hydrogen-bond acceptors (Lipinski definition) is 4. The van der Waals surface area contributed by atoms with Crippen LogP contribution in [-0.4, -0.2) is 28.5 Å². The first kappa shape index (κ1) is 22.1. The second-order valence-electron chi connectivity index (χ2n) is 8.10. The third kappa shape index (κ3) is 5.70. The third-order valence-corrected chi connectivity index (χ3v) is 5.51. The molecule has 2 aromatic heterocycles. The van der Waals surface area contributed by atoms with E-state index in [0.29, 0.717) is 11.6 Å². The second-order valence-corrected chi connectivity index (χ2v) is 8.10. The number of amides is 1. The minimum Gasteiger partial charge on any atom is -0.370 e. The summed E-state index contributed by atoms with van der Waals surface area (Å²) in [5.41, 5.74) is 1.50. The van der Waals surface area contributed by atoms with Crippen molar-refractivity contribution in [2.45, 2.75) is 58.7 Å². The van der Waals surface area contributed by atoms with Gasteiger partial charge in [0.05, 0.1) is 11.1 Å². The van der Waals surface area contributed by atoms with Gasteiger partial charge in [0.1, 0.15) is 5.82 Å². The Morgan fingerprint density at radius 1 is 1.10 bits per heavy atom. The first-order valence-corrected chi connectivity index (χ1v) is 10.2. The van der Waals surface area contributed by atoms with Crippen molar-refractivity contribution in [3.8, 4) is 0 Å². The maximum Gasteiger partial charge on any atom is 0.417 e. The average molecular weight is 420 g/mol. The number of halogens is 3. The van der Waals surface area contributed by atoms with Crippen LogP contribution < -0.4 is 10.6 Å². The minimum absolute atomic E-state index is 0.0190. The summed E-state index contributed by atoms with van der Waals surface area (Å²) in [5.74, 6) is 0.847. The fraction of sp³-hybridized carbons (Fsp3) is 0.500. The summed E-state index contributed by atoms with van der Waals surface area (Å²) in [7, 11) is 0. The Labute approximate surface area is 174 Å². The van der Waals surface area contributed by atoms with Gasteiger partial charge in [-0.25, -0.2) is 4.98 Å². The first-order chi connectivity index (χ1) is 14.1. The van der Waals surface area contributed by atoms with Gasteiger partial charge in [-0.1, -0.05) is 0 Å². The molecule has 1 amide bonds. The van der Waals surface area contributed by atoms with Gasteiger partial charge in [-0.2, -0.15) is 13.2 Å². The van der Waals surface area contributed by atoms with Crippen molar-refractivity contribution in [3.63, 3.8) is 0 Å².